The van der Waals surface area contributed by atoms with E-state index in [0.717, 1.165) is 0 Å². The van der Waals surface area contributed by atoms with Crippen LogP contribution in [-0.4, -0.2) is 11.0 Å². The van der Waals surface area contributed by atoms with Gasteiger partial charge in [0.05, 0.1) is 0 Å². The number of rotatable bonds is 2. The van der Waals surface area contributed by atoms with E-state index in [-0.39, 0.29) is 5.97 Å². The van der Waals surface area contributed by atoms with E-state index in [0.29, 0.717) is 17.7 Å². The standard InChI is InChI=1S/C11H9NO2/c13-11(9-3-1-2-4-9)14-10-5-7-12-8-6-10/h1-3,5-8H,4H2. The second-order valence-corrected chi connectivity index (χ2v) is 2.90. The molecule has 3 heteroatoms. The molecule has 0 atom stereocenters. The Morgan fingerprint density at radius 1 is 1.36 bits per heavy atom. The Bertz CT molecular complexity index is 393. The second kappa shape index (κ2) is 3.87. The van der Waals surface area contributed by atoms with Crippen molar-refractivity contribution < 1.29 is 9.53 Å². The molecule has 2 rings (SSSR count). The van der Waals surface area contributed by atoms with Gasteiger partial charge < -0.3 is 4.74 Å². The molecular weight excluding hydrogens is 178 g/mol. The van der Waals surface area contributed by atoms with Gasteiger partial charge in [0, 0.05) is 18.0 Å². The zero-order chi connectivity index (χ0) is 9.80. The number of pyridine rings is 1. The van der Waals surface area contributed by atoms with Crippen molar-refractivity contribution in [1.29, 1.82) is 0 Å². The van der Waals surface area contributed by atoms with Crippen molar-refractivity contribution in [3.05, 3.63) is 48.3 Å². The van der Waals surface area contributed by atoms with Crippen molar-refractivity contribution in [2.24, 2.45) is 0 Å². The molecule has 0 fully saturated rings. The zero-order valence-electron chi connectivity index (χ0n) is 7.51. The van der Waals surface area contributed by atoms with Gasteiger partial charge in [0.25, 0.3) is 0 Å². The van der Waals surface area contributed by atoms with Crippen molar-refractivity contribution in [2.75, 3.05) is 0 Å². The molecule has 0 saturated carbocycles. The molecule has 0 N–H and O–H groups in total. The lowest BCUT2D eigenvalue weighted by Gasteiger charge is -2.03. The van der Waals surface area contributed by atoms with E-state index >= 15 is 0 Å². The van der Waals surface area contributed by atoms with Gasteiger partial charge >= 0.3 is 5.97 Å². The first-order chi connectivity index (χ1) is 6.86. The Labute approximate surface area is 81.7 Å². The van der Waals surface area contributed by atoms with Crippen LogP contribution in [0.4, 0.5) is 0 Å². The van der Waals surface area contributed by atoms with Crippen molar-refractivity contribution in [3.63, 3.8) is 0 Å². The molecule has 0 aromatic carbocycles. The summed E-state index contributed by atoms with van der Waals surface area (Å²) in [6, 6.07) is 3.31. The fraction of sp³-hybridized carbons (Fsp3) is 0.0909. The maximum Gasteiger partial charge on any atom is 0.339 e. The minimum Gasteiger partial charge on any atom is -0.423 e. The van der Waals surface area contributed by atoms with Crippen LogP contribution in [0.2, 0.25) is 0 Å². The van der Waals surface area contributed by atoms with Crippen LogP contribution in [0.3, 0.4) is 0 Å². The molecule has 0 saturated heterocycles. The van der Waals surface area contributed by atoms with E-state index in [9.17, 15) is 4.79 Å². The number of ether oxygens (including phenoxy) is 1. The Hall–Kier alpha value is -1.90. The highest BCUT2D eigenvalue weighted by Gasteiger charge is 2.12. The van der Waals surface area contributed by atoms with Crippen molar-refractivity contribution >= 4 is 5.97 Å². The lowest BCUT2D eigenvalue weighted by Crippen LogP contribution is -2.09. The summed E-state index contributed by atoms with van der Waals surface area (Å²) in [5.74, 6) is 0.235. The van der Waals surface area contributed by atoms with Crippen LogP contribution in [-0.2, 0) is 4.79 Å². The number of aromatic nitrogens is 1. The SMILES string of the molecule is O=C(Oc1ccncc1)C1=CC=CC1. The van der Waals surface area contributed by atoms with E-state index in [2.05, 4.69) is 4.98 Å². The lowest BCUT2D eigenvalue weighted by molar-refractivity contribution is -0.130. The predicted molar refractivity (Wildman–Crippen MR) is 51.7 cm³/mol. The minimum atomic E-state index is -0.291. The van der Waals surface area contributed by atoms with Gasteiger partial charge in [0.2, 0.25) is 0 Å². The monoisotopic (exact) mass is 187 g/mol. The van der Waals surface area contributed by atoms with Gasteiger partial charge in [0.15, 0.2) is 0 Å². The third kappa shape index (κ3) is 1.88. The highest BCUT2D eigenvalue weighted by molar-refractivity contribution is 5.91. The smallest absolute Gasteiger partial charge is 0.339 e. The maximum absolute atomic E-state index is 11.5. The molecule has 1 aliphatic rings. The summed E-state index contributed by atoms with van der Waals surface area (Å²) < 4.78 is 5.11. The summed E-state index contributed by atoms with van der Waals surface area (Å²) in [7, 11) is 0. The number of carbonyl (C=O) groups excluding carboxylic acids is 1. The quantitative estimate of drug-likeness (QED) is 0.663. The molecule has 0 bridgehead atoms. The van der Waals surface area contributed by atoms with E-state index in [1.807, 2.05) is 12.2 Å². The largest absolute Gasteiger partial charge is 0.423 e. The number of hydrogen-bond acceptors (Lipinski definition) is 3. The molecule has 1 aliphatic carbocycles. The summed E-state index contributed by atoms with van der Waals surface area (Å²) >= 11 is 0. The van der Waals surface area contributed by atoms with Crippen LogP contribution in [0.5, 0.6) is 5.75 Å². The molecule has 0 radical (unpaired) electrons. The van der Waals surface area contributed by atoms with Crippen molar-refractivity contribution in [3.8, 4) is 5.75 Å². The summed E-state index contributed by atoms with van der Waals surface area (Å²) in [4.78, 5) is 15.3. The highest BCUT2D eigenvalue weighted by atomic mass is 16.5. The van der Waals surface area contributed by atoms with Gasteiger partial charge in [-0.25, -0.2) is 4.79 Å². The first-order valence-corrected chi connectivity index (χ1v) is 4.34. The molecule has 0 spiro atoms. The molecule has 1 aromatic heterocycles. The van der Waals surface area contributed by atoms with Crippen molar-refractivity contribution in [2.45, 2.75) is 6.42 Å². The van der Waals surface area contributed by atoms with Crippen LogP contribution >= 0.6 is 0 Å². The fourth-order valence-corrected chi connectivity index (χ4v) is 1.18. The average molecular weight is 187 g/mol. The number of carbonyl (C=O) groups is 1. The fourth-order valence-electron chi connectivity index (χ4n) is 1.18. The van der Waals surface area contributed by atoms with E-state index in [1.54, 1.807) is 30.6 Å². The van der Waals surface area contributed by atoms with Gasteiger partial charge in [-0.3, -0.25) is 4.98 Å². The van der Waals surface area contributed by atoms with Crippen LogP contribution in [0.25, 0.3) is 0 Å². The van der Waals surface area contributed by atoms with Crippen LogP contribution < -0.4 is 4.74 Å². The van der Waals surface area contributed by atoms with Gasteiger partial charge in [-0.15, -0.1) is 0 Å². The molecule has 1 heterocycles. The second-order valence-electron chi connectivity index (χ2n) is 2.90. The third-order valence-corrected chi connectivity index (χ3v) is 1.89. The van der Waals surface area contributed by atoms with Gasteiger partial charge in [-0.05, 0) is 18.6 Å². The molecule has 1 aromatic rings. The summed E-state index contributed by atoms with van der Waals surface area (Å²) in [6.07, 6.45) is 9.37. The molecule has 0 unspecified atom stereocenters. The Balaban J connectivity index is 2.02. The normalized spacial score (nSPS) is 13.9. The predicted octanol–water partition coefficient (Wildman–Crippen LogP) is 1.87. The lowest BCUT2D eigenvalue weighted by atomic mass is 10.2. The summed E-state index contributed by atoms with van der Waals surface area (Å²) in [5, 5.41) is 0. The number of allylic oxidation sites excluding steroid dienone is 3. The van der Waals surface area contributed by atoms with Crippen LogP contribution in [0.15, 0.2) is 48.3 Å². The van der Waals surface area contributed by atoms with E-state index < -0.39 is 0 Å². The molecule has 0 amide bonds. The van der Waals surface area contributed by atoms with Crippen molar-refractivity contribution in [1.82, 2.24) is 4.98 Å². The molecule has 0 aliphatic heterocycles. The Kier molecular flexibility index (Phi) is 2.40. The third-order valence-electron chi connectivity index (χ3n) is 1.89. The topological polar surface area (TPSA) is 39.2 Å². The van der Waals surface area contributed by atoms with E-state index in [4.69, 9.17) is 4.74 Å². The van der Waals surface area contributed by atoms with Gasteiger partial charge in [-0.1, -0.05) is 18.2 Å². The summed E-state index contributed by atoms with van der Waals surface area (Å²) in [6.45, 7) is 0. The zero-order valence-corrected chi connectivity index (χ0v) is 7.51. The van der Waals surface area contributed by atoms with Crippen LogP contribution in [0, 0.1) is 0 Å². The molecule has 3 nitrogen and oxygen atoms in total. The minimum absolute atomic E-state index is 0.291. The molecule has 14 heavy (non-hydrogen) atoms. The Morgan fingerprint density at radius 2 is 2.14 bits per heavy atom. The first kappa shape index (κ1) is 8.69. The van der Waals surface area contributed by atoms with Gasteiger partial charge in [0.1, 0.15) is 5.75 Å². The number of nitrogens with zero attached hydrogens (tertiary/aromatic N) is 1. The van der Waals surface area contributed by atoms with Crippen LogP contribution in [0.1, 0.15) is 6.42 Å². The average Bonchev–Trinajstić information content (AvgIpc) is 2.72. The van der Waals surface area contributed by atoms with E-state index in [1.165, 1.54) is 0 Å². The number of hydrogen-bond donors (Lipinski definition) is 0. The first-order valence-electron chi connectivity index (χ1n) is 4.34. The molecular formula is C11H9NO2. The summed E-state index contributed by atoms with van der Waals surface area (Å²) in [5.41, 5.74) is 0.682. The highest BCUT2D eigenvalue weighted by Crippen LogP contribution is 2.15. The Morgan fingerprint density at radius 3 is 2.79 bits per heavy atom. The number of esters is 1. The van der Waals surface area contributed by atoms with Gasteiger partial charge in [-0.2, -0.15) is 0 Å². The molecule has 70 valence electrons. The maximum atomic E-state index is 11.5.